The van der Waals surface area contributed by atoms with Crippen LogP contribution in [0.1, 0.15) is 11.3 Å². The van der Waals surface area contributed by atoms with E-state index < -0.39 is 21.9 Å². The second-order valence-corrected chi connectivity index (χ2v) is 8.97. The summed E-state index contributed by atoms with van der Waals surface area (Å²) in [4.78, 5) is 0. The van der Waals surface area contributed by atoms with Crippen LogP contribution in [0.4, 0.5) is 18.9 Å². The summed E-state index contributed by atoms with van der Waals surface area (Å²) < 4.78 is 67.0. The molecule has 160 valence electrons. The van der Waals surface area contributed by atoms with Crippen molar-refractivity contribution in [3.05, 3.63) is 78.0 Å². The van der Waals surface area contributed by atoms with Crippen LogP contribution >= 0.6 is 0 Å². The predicted molar refractivity (Wildman–Crippen MR) is 115 cm³/mol. The average molecular weight is 445 g/mol. The number of hydrogen-bond donors (Lipinski definition) is 1. The zero-order valence-corrected chi connectivity index (χ0v) is 17.4. The number of aromatic nitrogens is 2. The molecule has 1 heterocycles. The molecule has 0 bridgehead atoms. The van der Waals surface area contributed by atoms with Crippen molar-refractivity contribution in [2.45, 2.75) is 13.1 Å². The highest BCUT2D eigenvalue weighted by atomic mass is 32.2. The normalized spacial score (nSPS) is 12.3. The van der Waals surface area contributed by atoms with Crippen LogP contribution < -0.4 is 4.72 Å². The molecule has 4 aromatic rings. The highest BCUT2D eigenvalue weighted by Gasteiger charge is 2.35. The van der Waals surface area contributed by atoms with Gasteiger partial charge in [-0.3, -0.25) is 4.72 Å². The van der Waals surface area contributed by atoms with Gasteiger partial charge in [-0.1, -0.05) is 36.4 Å². The van der Waals surface area contributed by atoms with Gasteiger partial charge in [-0.15, -0.1) is 0 Å². The minimum absolute atomic E-state index is 0.297. The minimum Gasteiger partial charge on any atom is -0.284 e. The van der Waals surface area contributed by atoms with Crippen LogP contribution in [0.15, 0.2) is 66.7 Å². The summed E-state index contributed by atoms with van der Waals surface area (Å²) in [5.41, 5.74) is 1.43. The van der Waals surface area contributed by atoms with Gasteiger partial charge in [-0.05, 0) is 53.6 Å². The van der Waals surface area contributed by atoms with Crippen molar-refractivity contribution in [2.75, 3.05) is 11.0 Å². The quantitative estimate of drug-likeness (QED) is 0.458. The Bertz CT molecular complexity index is 1380. The number of hydrogen-bond acceptors (Lipinski definition) is 3. The van der Waals surface area contributed by atoms with Gasteiger partial charge in [0.2, 0.25) is 10.0 Å². The lowest BCUT2D eigenvalue weighted by molar-refractivity contribution is -0.141. The van der Waals surface area contributed by atoms with Gasteiger partial charge in [0, 0.05) is 11.3 Å². The van der Waals surface area contributed by atoms with E-state index in [9.17, 15) is 21.6 Å². The molecule has 5 nitrogen and oxygen atoms in total. The number of aryl methyl sites for hydroxylation is 1. The van der Waals surface area contributed by atoms with Gasteiger partial charge in [0.05, 0.1) is 17.6 Å². The number of sulfonamides is 1. The maximum absolute atomic E-state index is 13.5. The van der Waals surface area contributed by atoms with Crippen LogP contribution in [0, 0.1) is 6.92 Å². The molecule has 31 heavy (non-hydrogen) atoms. The summed E-state index contributed by atoms with van der Waals surface area (Å²) in [5.74, 6) is 0. The van der Waals surface area contributed by atoms with E-state index in [1.165, 1.54) is 28.9 Å². The van der Waals surface area contributed by atoms with Gasteiger partial charge in [-0.2, -0.15) is 18.3 Å². The first-order chi connectivity index (χ1) is 14.5. The topological polar surface area (TPSA) is 64.0 Å². The molecule has 0 saturated carbocycles. The number of rotatable bonds is 4. The van der Waals surface area contributed by atoms with Crippen molar-refractivity contribution in [1.82, 2.24) is 9.78 Å². The van der Waals surface area contributed by atoms with Gasteiger partial charge in [0.15, 0.2) is 5.69 Å². The molecule has 0 spiro atoms. The van der Waals surface area contributed by atoms with Gasteiger partial charge in [-0.25, -0.2) is 13.1 Å². The zero-order chi connectivity index (χ0) is 22.4. The third-order valence-electron chi connectivity index (χ3n) is 4.81. The Morgan fingerprint density at radius 2 is 1.65 bits per heavy atom. The maximum atomic E-state index is 13.5. The summed E-state index contributed by atoms with van der Waals surface area (Å²) in [6.45, 7) is 1.84. The van der Waals surface area contributed by atoms with Crippen molar-refractivity contribution in [1.29, 1.82) is 0 Å². The fraction of sp³-hybridized carbons (Fsp3) is 0.136. The molecule has 0 aliphatic carbocycles. The number of halogens is 3. The zero-order valence-electron chi connectivity index (χ0n) is 16.6. The van der Waals surface area contributed by atoms with Crippen LogP contribution in [0.3, 0.4) is 0 Å². The molecule has 0 fully saturated rings. The van der Waals surface area contributed by atoms with Gasteiger partial charge < -0.3 is 0 Å². The standard InChI is InChI=1S/C22H18F3N3O2S/c1-14-7-8-15-5-3-4-6-18(15)21(14)19-13-20(22(23,24)25)26-28(19)17-11-9-16(10-12-17)27-31(2,29)30/h3-13,27H,1-2H3. The van der Waals surface area contributed by atoms with Gasteiger partial charge in [0.1, 0.15) is 0 Å². The van der Waals surface area contributed by atoms with E-state index in [0.29, 0.717) is 22.6 Å². The van der Waals surface area contributed by atoms with E-state index in [4.69, 9.17) is 0 Å². The van der Waals surface area contributed by atoms with Crippen molar-refractivity contribution in [3.63, 3.8) is 0 Å². The third kappa shape index (κ3) is 4.27. The molecule has 3 aromatic carbocycles. The Balaban J connectivity index is 1.93. The summed E-state index contributed by atoms with van der Waals surface area (Å²) >= 11 is 0. The molecule has 1 N–H and O–H groups in total. The van der Waals surface area contributed by atoms with E-state index >= 15 is 0 Å². The van der Waals surface area contributed by atoms with E-state index in [2.05, 4.69) is 9.82 Å². The van der Waals surface area contributed by atoms with Crippen LogP contribution in [0.5, 0.6) is 0 Å². The molecular weight excluding hydrogens is 427 g/mol. The van der Waals surface area contributed by atoms with E-state index in [0.717, 1.165) is 28.7 Å². The number of anilines is 1. The molecular formula is C22H18F3N3O2S. The lowest BCUT2D eigenvalue weighted by Gasteiger charge is -2.13. The molecule has 0 saturated heterocycles. The second-order valence-electron chi connectivity index (χ2n) is 7.22. The number of fused-ring (bicyclic) bond motifs is 1. The molecule has 0 aliphatic rings. The first-order valence-corrected chi connectivity index (χ1v) is 11.2. The number of alkyl halides is 3. The molecule has 0 atom stereocenters. The smallest absolute Gasteiger partial charge is 0.284 e. The Kier molecular flexibility index (Phi) is 5.01. The molecule has 0 amide bonds. The lowest BCUT2D eigenvalue weighted by Crippen LogP contribution is -2.10. The monoisotopic (exact) mass is 445 g/mol. The fourth-order valence-corrected chi connectivity index (χ4v) is 4.06. The van der Waals surface area contributed by atoms with Crippen LogP contribution in [0.25, 0.3) is 27.7 Å². The number of nitrogens with one attached hydrogen (secondary N) is 1. The average Bonchev–Trinajstić information content (AvgIpc) is 3.12. The van der Waals surface area contributed by atoms with Crippen molar-refractivity contribution < 1.29 is 21.6 Å². The highest BCUT2D eigenvalue weighted by Crippen LogP contribution is 2.37. The first kappa shape index (κ1) is 20.9. The van der Waals surface area contributed by atoms with Gasteiger partial charge >= 0.3 is 6.18 Å². The molecule has 0 aliphatic heterocycles. The lowest BCUT2D eigenvalue weighted by atomic mass is 9.97. The number of nitrogens with zero attached hydrogens (tertiary/aromatic N) is 2. The predicted octanol–water partition coefficient (Wildman–Crippen LogP) is 5.39. The van der Waals surface area contributed by atoms with E-state index in [-0.39, 0.29) is 0 Å². The Morgan fingerprint density at radius 3 is 2.29 bits per heavy atom. The Morgan fingerprint density at radius 1 is 0.968 bits per heavy atom. The van der Waals surface area contributed by atoms with E-state index in [1.807, 2.05) is 43.3 Å². The molecule has 4 rings (SSSR count). The number of benzene rings is 3. The highest BCUT2D eigenvalue weighted by molar-refractivity contribution is 7.92. The molecule has 0 unspecified atom stereocenters. The largest absolute Gasteiger partial charge is 0.435 e. The van der Waals surface area contributed by atoms with Crippen molar-refractivity contribution in [2.24, 2.45) is 0 Å². The van der Waals surface area contributed by atoms with Crippen LogP contribution in [0.2, 0.25) is 0 Å². The second kappa shape index (κ2) is 7.42. The maximum Gasteiger partial charge on any atom is 0.435 e. The third-order valence-corrected chi connectivity index (χ3v) is 5.41. The van der Waals surface area contributed by atoms with Crippen LogP contribution in [-0.2, 0) is 16.2 Å². The molecule has 9 heteroatoms. The van der Waals surface area contributed by atoms with Crippen LogP contribution in [-0.4, -0.2) is 24.5 Å². The molecule has 0 radical (unpaired) electrons. The van der Waals surface area contributed by atoms with Gasteiger partial charge in [0.25, 0.3) is 0 Å². The summed E-state index contributed by atoms with van der Waals surface area (Å²) in [6, 6.07) is 18.3. The Labute approximate surface area is 177 Å². The Hall–Kier alpha value is -3.33. The summed E-state index contributed by atoms with van der Waals surface area (Å²) in [5, 5.41) is 5.55. The van der Waals surface area contributed by atoms with Crippen molar-refractivity contribution >= 4 is 26.5 Å². The minimum atomic E-state index is -4.61. The SMILES string of the molecule is Cc1ccc2ccccc2c1-c1cc(C(F)(F)F)nn1-c1ccc(NS(C)(=O)=O)cc1. The van der Waals surface area contributed by atoms with E-state index in [1.54, 1.807) is 0 Å². The summed E-state index contributed by atoms with van der Waals surface area (Å²) in [7, 11) is -3.47. The fourth-order valence-electron chi connectivity index (χ4n) is 3.50. The first-order valence-electron chi connectivity index (χ1n) is 9.27. The molecule has 1 aromatic heterocycles. The van der Waals surface area contributed by atoms with Crippen molar-refractivity contribution in [3.8, 4) is 16.9 Å². The summed E-state index contributed by atoms with van der Waals surface area (Å²) in [6.07, 6.45) is -3.60.